The van der Waals surface area contributed by atoms with E-state index in [-0.39, 0.29) is 0 Å². The van der Waals surface area contributed by atoms with Crippen molar-refractivity contribution in [2.45, 2.75) is 25.7 Å². The summed E-state index contributed by atoms with van der Waals surface area (Å²) in [7, 11) is 1.69. The number of para-hydroxylation sites is 2. The molecule has 3 aromatic rings. The van der Waals surface area contributed by atoms with Crippen molar-refractivity contribution in [2.75, 3.05) is 19.0 Å². The van der Waals surface area contributed by atoms with E-state index < -0.39 is 0 Å². The number of benzene rings is 2. The topological polar surface area (TPSA) is 39.1 Å². The first kappa shape index (κ1) is 17.0. The Balaban J connectivity index is 1.83. The summed E-state index contributed by atoms with van der Waals surface area (Å²) in [5.41, 5.74) is 4.42. The maximum atomic E-state index is 6.39. The highest BCUT2D eigenvalue weighted by molar-refractivity contribution is 6.31. The molecule has 4 rings (SSSR count). The van der Waals surface area contributed by atoms with Gasteiger partial charge in [0, 0.05) is 23.6 Å². The molecule has 0 spiro atoms. The van der Waals surface area contributed by atoms with E-state index in [1.807, 2.05) is 47.1 Å². The van der Waals surface area contributed by atoms with Crippen LogP contribution in [0.25, 0.3) is 5.69 Å². The lowest BCUT2D eigenvalue weighted by Crippen LogP contribution is -2.08. The van der Waals surface area contributed by atoms with E-state index in [0.717, 1.165) is 65.8 Å². The molecule has 0 saturated carbocycles. The molecule has 0 bridgehead atoms. The fraction of sp³-hybridized carbons (Fsp3) is 0.286. The zero-order valence-electron chi connectivity index (χ0n) is 14.8. The van der Waals surface area contributed by atoms with Gasteiger partial charge in [0.1, 0.15) is 17.3 Å². The maximum absolute atomic E-state index is 6.39. The summed E-state index contributed by atoms with van der Waals surface area (Å²) in [5.74, 6) is 1.89. The lowest BCUT2D eigenvalue weighted by atomic mass is 10.0. The molecule has 2 heterocycles. The number of hydrogen-bond donors (Lipinski definition) is 1. The Bertz CT molecular complexity index is 919. The van der Waals surface area contributed by atoms with E-state index in [1.165, 1.54) is 5.56 Å². The van der Waals surface area contributed by atoms with Crippen LogP contribution < -0.4 is 10.1 Å². The van der Waals surface area contributed by atoms with Crippen LogP contribution in [0.2, 0.25) is 5.02 Å². The van der Waals surface area contributed by atoms with Crippen molar-refractivity contribution in [2.24, 2.45) is 0 Å². The van der Waals surface area contributed by atoms with Gasteiger partial charge in [0.25, 0.3) is 0 Å². The lowest BCUT2D eigenvalue weighted by molar-refractivity contribution is 0.412. The van der Waals surface area contributed by atoms with E-state index in [9.17, 15) is 0 Å². The van der Waals surface area contributed by atoms with Crippen molar-refractivity contribution in [3.8, 4) is 11.4 Å². The second kappa shape index (κ2) is 7.42. The van der Waals surface area contributed by atoms with Crippen molar-refractivity contribution in [1.29, 1.82) is 0 Å². The monoisotopic (exact) mass is 367 g/mol. The van der Waals surface area contributed by atoms with Crippen LogP contribution >= 0.6 is 11.6 Å². The van der Waals surface area contributed by atoms with Gasteiger partial charge in [-0.15, -0.1) is 0 Å². The molecule has 0 saturated heterocycles. The van der Waals surface area contributed by atoms with Gasteiger partial charge in [-0.05, 0) is 43.0 Å². The molecule has 0 atom stereocenters. The van der Waals surface area contributed by atoms with Crippen molar-refractivity contribution < 1.29 is 4.74 Å². The van der Waals surface area contributed by atoms with Crippen molar-refractivity contribution in [3.63, 3.8) is 0 Å². The summed E-state index contributed by atoms with van der Waals surface area (Å²) in [6, 6.07) is 16.0. The molecule has 0 amide bonds. The average molecular weight is 368 g/mol. The van der Waals surface area contributed by atoms with Gasteiger partial charge in [0.15, 0.2) is 0 Å². The van der Waals surface area contributed by atoms with Crippen LogP contribution in [0.5, 0.6) is 5.75 Å². The van der Waals surface area contributed by atoms with Gasteiger partial charge in [-0.1, -0.05) is 41.9 Å². The largest absolute Gasteiger partial charge is 0.494 e. The van der Waals surface area contributed by atoms with Crippen LogP contribution in [0.1, 0.15) is 29.7 Å². The van der Waals surface area contributed by atoms with Crippen LogP contribution in [0.3, 0.4) is 0 Å². The Morgan fingerprint density at radius 1 is 1.12 bits per heavy atom. The average Bonchev–Trinajstić information content (AvgIpc) is 2.84. The summed E-state index contributed by atoms with van der Waals surface area (Å²) in [5, 5.41) is 9.33. The van der Waals surface area contributed by atoms with E-state index in [0.29, 0.717) is 0 Å². The first-order valence-corrected chi connectivity index (χ1v) is 9.37. The molecule has 0 aliphatic carbocycles. The number of nitrogens with one attached hydrogen (secondary N) is 1. The number of anilines is 1. The molecule has 1 aliphatic rings. The molecule has 1 aliphatic heterocycles. The van der Waals surface area contributed by atoms with Gasteiger partial charge in [0.2, 0.25) is 0 Å². The zero-order chi connectivity index (χ0) is 17.9. The van der Waals surface area contributed by atoms with Crippen molar-refractivity contribution >= 4 is 17.4 Å². The van der Waals surface area contributed by atoms with E-state index in [1.54, 1.807) is 7.11 Å². The highest BCUT2D eigenvalue weighted by Gasteiger charge is 2.22. The number of halogens is 1. The van der Waals surface area contributed by atoms with Crippen molar-refractivity contribution in [3.05, 3.63) is 70.4 Å². The summed E-state index contributed by atoms with van der Waals surface area (Å²) in [6.45, 7) is 0.958. The minimum atomic E-state index is 0.728. The Morgan fingerprint density at radius 3 is 2.77 bits per heavy atom. The zero-order valence-corrected chi connectivity index (χ0v) is 15.6. The predicted molar refractivity (Wildman–Crippen MR) is 106 cm³/mol. The first-order valence-electron chi connectivity index (χ1n) is 8.99. The number of methoxy groups -OCH3 is 1. The maximum Gasteiger partial charge on any atom is 0.144 e. The minimum absolute atomic E-state index is 0.728. The number of ether oxygens (including phenoxy) is 1. The fourth-order valence-corrected chi connectivity index (χ4v) is 3.72. The molecule has 0 unspecified atom stereocenters. The third-order valence-corrected chi connectivity index (χ3v) is 5.21. The minimum Gasteiger partial charge on any atom is -0.494 e. The highest BCUT2D eigenvalue weighted by Crippen LogP contribution is 2.33. The Labute approximate surface area is 158 Å². The SMILES string of the molecule is COc1ccccc1-n1nc(Cc2ccccc2Cl)c2c1NCCCC2. The predicted octanol–water partition coefficient (Wildman–Crippen LogP) is 4.87. The molecule has 5 heteroatoms. The second-order valence-corrected chi connectivity index (χ2v) is 6.92. The molecule has 134 valence electrons. The molecule has 4 nitrogen and oxygen atoms in total. The molecule has 2 aromatic carbocycles. The molecule has 0 fully saturated rings. The van der Waals surface area contributed by atoms with E-state index in [4.69, 9.17) is 21.4 Å². The summed E-state index contributed by atoms with van der Waals surface area (Å²) in [4.78, 5) is 0. The summed E-state index contributed by atoms with van der Waals surface area (Å²) in [6.07, 6.45) is 4.07. The quantitative estimate of drug-likeness (QED) is 0.714. The molecule has 26 heavy (non-hydrogen) atoms. The molecular formula is C21H22ClN3O. The third-order valence-electron chi connectivity index (χ3n) is 4.84. The normalized spacial score (nSPS) is 13.6. The second-order valence-electron chi connectivity index (χ2n) is 6.51. The molecule has 1 N–H and O–H groups in total. The summed E-state index contributed by atoms with van der Waals surface area (Å²) >= 11 is 6.39. The molecule has 1 aromatic heterocycles. The number of hydrogen-bond acceptors (Lipinski definition) is 3. The van der Waals surface area contributed by atoms with E-state index in [2.05, 4.69) is 11.4 Å². The molecular weight excluding hydrogens is 346 g/mol. The smallest absolute Gasteiger partial charge is 0.144 e. The number of nitrogens with zero attached hydrogens (tertiary/aromatic N) is 2. The Morgan fingerprint density at radius 2 is 1.92 bits per heavy atom. The highest BCUT2D eigenvalue weighted by atomic mass is 35.5. The lowest BCUT2D eigenvalue weighted by Gasteiger charge is -2.12. The number of aromatic nitrogens is 2. The van der Waals surface area contributed by atoms with Gasteiger partial charge >= 0.3 is 0 Å². The van der Waals surface area contributed by atoms with Crippen LogP contribution in [0.15, 0.2) is 48.5 Å². The fourth-order valence-electron chi connectivity index (χ4n) is 3.52. The van der Waals surface area contributed by atoms with Crippen molar-refractivity contribution in [1.82, 2.24) is 9.78 Å². The van der Waals surface area contributed by atoms with Crippen LogP contribution in [0, 0.1) is 0 Å². The van der Waals surface area contributed by atoms with Gasteiger partial charge in [0.05, 0.1) is 12.8 Å². The van der Waals surface area contributed by atoms with Crippen LogP contribution in [-0.2, 0) is 12.8 Å². The van der Waals surface area contributed by atoms with Gasteiger partial charge < -0.3 is 10.1 Å². The van der Waals surface area contributed by atoms with Crippen LogP contribution in [-0.4, -0.2) is 23.4 Å². The van der Waals surface area contributed by atoms with Gasteiger partial charge in [-0.2, -0.15) is 5.10 Å². The van der Waals surface area contributed by atoms with E-state index >= 15 is 0 Å². The number of fused-ring (bicyclic) bond motifs is 1. The Kier molecular flexibility index (Phi) is 4.85. The van der Waals surface area contributed by atoms with Gasteiger partial charge in [-0.3, -0.25) is 0 Å². The number of rotatable bonds is 4. The van der Waals surface area contributed by atoms with Gasteiger partial charge in [-0.25, -0.2) is 4.68 Å². The van der Waals surface area contributed by atoms with Crippen LogP contribution in [0.4, 0.5) is 5.82 Å². The first-order chi connectivity index (χ1) is 12.8. The standard InChI is InChI=1S/C21H22ClN3O/c1-26-20-12-5-4-11-19(20)25-21-16(9-6-7-13-23-21)18(24-25)14-15-8-2-3-10-17(15)22/h2-5,8,10-12,23H,6-7,9,13-14H2,1H3. The third kappa shape index (κ3) is 3.17. The summed E-state index contributed by atoms with van der Waals surface area (Å²) < 4.78 is 7.55. The molecule has 0 radical (unpaired) electrons. The Hall–Kier alpha value is -2.46.